The van der Waals surface area contributed by atoms with Crippen molar-refractivity contribution in [2.45, 2.75) is 57.3 Å². The van der Waals surface area contributed by atoms with Crippen molar-refractivity contribution in [3.05, 3.63) is 0 Å². The Hall–Kier alpha value is -1.08. The highest BCUT2D eigenvalue weighted by Crippen LogP contribution is 2.37. The van der Waals surface area contributed by atoms with E-state index in [1.54, 1.807) is 0 Å². The largest absolute Gasteiger partial charge is 0.469 e. The summed E-state index contributed by atoms with van der Waals surface area (Å²) >= 11 is 0. The Bertz CT molecular complexity index is 405. The molecule has 1 amide bonds. The van der Waals surface area contributed by atoms with Gasteiger partial charge in [0, 0.05) is 6.42 Å². The zero-order valence-corrected chi connectivity index (χ0v) is 14.9. The van der Waals surface area contributed by atoms with Gasteiger partial charge in [0.2, 0.25) is 0 Å². The lowest BCUT2D eigenvalue weighted by Gasteiger charge is -2.39. The number of methoxy groups -OCH3 is 1. The first kappa shape index (κ1) is 18.0. The standard InChI is InChI=1S/C14H27NO5Si/c1-13(2,3)21(5,6)20-10-14(8-7-11(16)18-4)9-19-12(17)15-14/h7-10H2,1-6H3,(H,15,17)/t14-/m0/s1. The van der Waals surface area contributed by atoms with Crippen LogP contribution in [0.25, 0.3) is 0 Å². The van der Waals surface area contributed by atoms with Crippen LogP contribution in [-0.4, -0.2) is 46.2 Å². The molecule has 7 heteroatoms. The third kappa shape index (κ3) is 4.71. The number of amides is 1. The van der Waals surface area contributed by atoms with Crippen LogP contribution >= 0.6 is 0 Å². The van der Waals surface area contributed by atoms with Crippen molar-refractivity contribution in [1.82, 2.24) is 5.32 Å². The first-order valence-corrected chi connectivity index (χ1v) is 10.1. The van der Waals surface area contributed by atoms with Gasteiger partial charge in [-0.2, -0.15) is 0 Å². The molecule has 1 atom stereocenters. The van der Waals surface area contributed by atoms with Gasteiger partial charge in [0.05, 0.1) is 13.7 Å². The third-order valence-corrected chi connectivity index (χ3v) is 8.88. The Labute approximate surface area is 127 Å². The van der Waals surface area contributed by atoms with Crippen molar-refractivity contribution in [2.24, 2.45) is 0 Å². The summed E-state index contributed by atoms with van der Waals surface area (Å²) in [5.74, 6) is -0.303. The van der Waals surface area contributed by atoms with E-state index in [-0.39, 0.29) is 24.0 Å². The van der Waals surface area contributed by atoms with Gasteiger partial charge in [0.25, 0.3) is 0 Å². The highest BCUT2D eigenvalue weighted by Gasteiger charge is 2.44. The van der Waals surface area contributed by atoms with E-state index in [9.17, 15) is 9.59 Å². The Balaban J connectivity index is 2.71. The number of hydrogen-bond donors (Lipinski definition) is 1. The van der Waals surface area contributed by atoms with Crippen molar-refractivity contribution >= 4 is 20.4 Å². The summed E-state index contributed by atoms with van der Waals surface area (Å²) in [6, 6.07) is 0. The molecule has 1 rings (SSSR count). The highest BCUT2D eigenvalue weighted by molar-refractivity contribution is 6.74. The maximum absolute atomic E-state index is 11.4. The molecule has 6 nitrogen and oxygen atoms in total. The summed E-state index contributed by atoms with van der Waals surface area (Å²) in [5.41, 5.74) is -0.638. The van der Waals surface area contributed by atoms with E-state index in [0.717, 1.165) is 0 Å². The number of rotatable bonds is 6. The highest BCUT2D eigenvalue weighted by atomic mass is 28.4. The fourth-order valence-corrected chi connectivity index (χ4v) is 2.83. The van der Waals surface area contributed by atoms with Crippen LogP contribution in [0.2, 0.25) is 18.1 Å². The number of esters is 1. The lowest BCUT2D eigenvalue weighted by Crippen LogP contribution is -2.52. The second-order valence-corrected chi connectivity index (χ2v) is 11.9. The quantitative estimate of drug-likeness (QED) is 0.601. The Kier molecular flexibility index (Phi) is 5.44. The molecule has 0 aromatic carbocycles. The van der Waals surface area contributed by atoms with E-state index in [2.05, 4.69) is 43.9 Å². The predicted octanol–water partition coefficient (Wildman–Crippen LogP) is 2.44. The van der Waals surface area contributed by atoms with Crippen molar-refractivity contribution in [3.63, 3.8) is 0 Å². The zero-order valence-electron chi connectivity index (χ0n) is 13.9. The maximum Gasteiger partial charge on any atom is 0.407 e. The van der Waals surface area contributed by atoms with Crippen LogP contribution in [-0.2, 0) is 18.7 Å². The molecule has 0 aromatic rings. The normalized spacial score (nSPS) is 22.7. The molecule has 0 unspecified atom stereocenters. The molecule has 0 saturated carbocycles. The molecule has 0 aromatic heterocycles. The van der Waals surface area contributed by atoms with Crippen LogP contribution in [0, 0.1) is 0 Å². The van der Waals surface area contributed by atoms with Gasteiger partial charge < -0.3 is 19.2 Å². The number of nitrogens with one attached hydrogen (secondary N) is 1. The van der Waals surface area contributed by atoms with Gasteiger partial charge in [-0.05, 0) is 24.6 Å². The molecule has 0 aliphatic carbocycles. The summed E-state index contributed by atoms with van der Waals surface area (Å²) in [6.45, 7) is 11.3. The van der Waals surface area contributed by atoms with Gasteiger partial charge in [-0.25, -0.2) is 4.79 Å². The monoisotopic (exact) mass is 317 g/mol. The predicted molar refractivity (Wildman–Crippen MR) is 81.6 cm³/mol. The lowest BCUT2D eigenvalue weighted by atomic mass is 9.96. The van der Waals surface area contributed by atoms with Crippen LogP contribution in [0.15, 0.2) is 0 Å². The molecule has 0 bridgehead atoms. The Morgan fingerprint density at radius 3 is 2.48 bits per heavy atom. The molecule has 1 heterocycles. The summed E-state index contributed by atoms with van der Waals surface area (Å²) < 4.78 is 15.9. The second-order valence-electron chi connectivity index (χ2n) is 7.11. The summed E-state index contributed by atoms with van der Waals surface area (Å²) in [4.78, 5) is 22.7. The summed E-state index contributed by atoms with van der Waals surface area (Å²) in [7, 11) is -0.577. The van der Waals surface area contributed by atoms with Gasteiger partial charge in [0.1, 0.15) is 12.1 Å². The van der Waals surface area contributed by atoms with Crippen LogP contribution in [0.5, 0.6) is 0 Å². The number of carbonyl (C=O) groups is 2. The van der Waals surface area contributed by atoms with E-state index in [4.69, 9.17) is 9.16 Å². The zero-order chi connectivity index (χ0) is 16.3. The molecule has 21 heavy (non-hydrogen) atoms. The molecular weight excluding hydrogens is 290 g/mol. The second kappa shape index (κ2) is 6.35. The number of ether oxygens (including phenoxy) is 2. The Morgan fingerprint density at radius 1 is 1.43 bits per heavy atom. The molecule has 1 fully saturated rings. The summed E-state index contributed by atoms with van der Waals surface area (Å²) in [5, 5.41) is 2.88. The topological polar surface area (TPSA) is 73.9 Å². The van der Waals surface area contributed by atoms with Crippen LogP contribution < -0.4 is 5.32 Å². The molecule has 1 N–H and O–H groups in total. The molecule has 1 saturated heterocycles. The number of alkyl carbamates (subject to hydrolysis) is 1. The van der Waals surface area contributed by atoms with Crippen molar-refractivity contribution in [3.8, 4) is 0 Å². The van der Waals surface area contributed by atoms with Gasteiger partial charge in [-0.1, -0.05) is 20.8 Å². The Morgan fingerprint density at radius 2 is 2.05 bits per heavy atom. The average Bonchev–Trinajstić information content (AvgIpc) is 2.75. The molecule has 122 valence electrons. The van der Waals surface area contributed by atoms with Crippen molar-refractivity contribution in [1.29, 1.82) is 0 Å². The minimum absolute atomic E-state index is 0.0833. The first-order chi connectivity index (χ1) is 9.51. The van der Waals surface area contributed by atoms with Crippen LogP contribution in [0.3, 0.4) is 0 Å². The van der Waals surface area contributed by atoms with Gasteiger partial charge in [-0.3, -0.25) is 4.79 Å². The number of hydrogen-bond acceptors (Lipinski definition) is 5. The van der Waals surface area contributed by atoms with E-state index in [1.807, 2.05) is 0 Å². The maximum atomic E-state index is 11.4. The van der Waals surface area contributed by atoms with E-state index in [0.29, 0.717) is 13.0 Å². The summed E-state index contributed by atoms with van der Waals surface area (Å²) in [6.07, 6.45) is 0.208. The first-order valence-electron chi connectivity index (χ1n) is 7.17. The molecule has 0 radical (unpaired) electrons. The SMILES string of the molecule is COC(=O)CC[C@@]1(CO[Si](C)(C)C(C)(C)C)COC(=O)N1. The fraction of sp³-hybridized carbons (Fsp3) is 0.857. The fourth-order valence-electron chi connectivity index (χ4n) is 1.76. The van der Waals surface area contributed by atoms with Crippen molar-refractivity contribution < 1.29 is 23.5 Å². The molecule has 0 spiro atoms. The van der Waals surface area contributed by atoms with E-state index < -0.39 is 19.9 Å². The smallest absolute Gasteiger partial charge is 0.407 e. The third-order valence-electron chi connectivity index (χ3n) is 4.40. The molecule has 1 aliphatic heterocycles. The number of carbonyl (C=O) groups excluding carboxylic acids is 2. The molecular formula is C14H27NO5Si. The minimum Gasteiger partial charge on any atom is -0.469 e. The van der Waals surface area contributed by atoms with E-state index in [1.165, 1.54) is 7.11 Å². The average molecular weight is 317 g/mol. The number of cyclic esters (lactones) is 1. The van der Waals surface area contributed by atoms with Gasteiger partial charge >= 0.3 is 12.1 Å². The lowest BCUT2D eigenvalue weighted by molar-refractivity contribution is -0.141. The van der Waals surface area contributed by atoms with E-state index >= 15 is 0 Å². The van der Waals surface area contributed by atoms with Gasteiger partial charge in [-0.15, -0.1) is 0 Å². The minimum atomic E-state index is -1.93. The van der Waals surface area contributed by atoms with Crippen LogP contribution in [0.4, 0.5) is 4.79 Å². The van der Waals surface area contributed by atoms with Crippen LogP contribution in [0.1, 0.15) is 33.6 Å². The van der Waals surface area contributed by atoms with Gasteiger partial charge in [0.15, 0.2) is 8.32 Å². The molecule has 1 aliphatic rings. The van der Waals surface area contributed by atoms with Crippen molar-refractivity contribution in [2.75, 3.05) is 20.3 Å².